The maximum absolute atomic E-state index is 13.0. The second kappa shape index (κ2) is 5.48. The Balaban J connectivity index is 2.30. The highest BCUT2D eigenvalue weighted by Gasteiger charge is 2.17. The predicted octanol–water partition coefficient (Wildman–Crippen LogP) is 3.73. The molecule has 0 bridgehead atoms. The molecule has 0 aliphatic heterocycles. The lowest BCUT2D eigenvalue weighted by atomic mass is 10.1. The summed E-state index contributed by atoms with van der Waals surface area (Å²) in [6.07, 6.45) is 0. The number of nitro benzene ring substituents is 1. The number of carbonyl (C=O) groups excluding carboxylic acids is 1. The number of carbonyl (C=O) groups is 1. The van der Waals surface area contributed by atoms with E-state index >= 15 is 0 Å². The van der Waals surface area contributed by atoms with Gasteiger partial charge in [-0.25, -0.2) is 4.39 Å². The van der Waals surface area contributed by atoms with Crippen LogP contribution in [-0.4, -0.2) is 10.7 Å². The van der Waals surface area contributed by atoms with Crippen LogP contribution in [0.25, 0.3) is 0 Å². The maximum atomic E-state index is 13.0. The van der Waals surface area contributed by atoms with Gasteiger partial charge in [-0.3, -0.25) is 14.9 Å². The number of ketones is 1. The Bertz CT molecular complexity index is 667. The number of benzene rings is 2. The largest absolute Gasteiger partial charge is 0.450 e. The fourth-order valence-corrected chi connectivity index (χ4v) is 1.60. The molecule has 0 radical (unpaired) electrons. The number of Topliss-reactive ketones (excluding diaryl/α,β-unsaturated/α-hetero) is 1. The van der Waals surface area contributed by atoms with Crippen LogP contribution in [0.1, 0.15) is 17.3 Å². The van der Waals surface area contributed by atoms with Crippen LogP contribution < -0.4 is 4.74 Å². The van der Waals surface area contributed by atoms with Gasteiger partial charge in [-0.05, 0) is 43.3 Å². The molecule has 0 saturated carbocycles. The Kier molecular flexibility index (Phi) is 3.74. The summed E-state index contributed by atoms with van der Waals surface area (Å²) in [5, 5.41) is 10.8. The molecule has 0 aromatic heterocycles. The summed E-state index contributed by atoms with van der Waals surface area (Å²) >= 11 is 0. The first-order valence-electron chi connectivity index (χ1n) is 5.70. The molecule has 0 saturated heterocycles. The van der Waals surface area contributed by atoms with Crippen molar-refractivity contribution in [2.24, 2.45) is 0 Å². The van der Waals surface area contributed by atoms with Gasteiger partial charge in [0.1, 0.15) is 11.6 Å². The number of ether oxygens (including phenoxy) is 1. The third kappa shape index (κ3) is 2.97. The molecular weight excluding hydrogens is 265 g/mol. The van der Waals surface area contributed by atoms with Gasteiger partial charge in [0.2, 0.25) is 5.75 Å². The van der Waals surface area contributed by atoms with Gasteiger partial charge >= 0.3 is 5.69 Å². The molecule has 0 N–H and O–H groups in total. The van der Waals surface area contributed by atoms with E-state index in [-0.39, 0.29) is 11.5 Å². The molecule has 6 heteroatoms. The predicted molar refractivity (Wildman–Crippen MR) is 69.6 cm³/mol. The first-order valence-corrected chi connectivity index (χ1v) is 5.70. The summed E-state index contributed by atoms with van der Waals surface area (Å²) in [5.41, 5.74) is 0.0478. The van der Waals surface area contributed by atoms with E-state index in [9.17, 15) is 19.3 Å². The van der Waals surface area contributed by atoms with Crippen LogP contribution in [0.4, 0.5) is 10.1 Å². The minimum absolute atomic E-state index is 0.0630. The van der Waals surface area contributed by atoms with Crippen molar-refractivity contribution in [1.82, 2.24) is 0 Å². The molecule has 0 amide bonds. The van der Waals surface area contributed by atoms with Gasteiger partial charge in [0, 0.05) is 5.56 Å². The van der Waals surface area contributed by atoms with Crippen LogP contribution in [0.15, 0.2) is 42.5 Å². The van der Waals surface area contributed by atoms with E-state index < -0.39 is 16.4 Å². The van der Waals surface area contributed by atoms with Crippen molar-refractivity contribution < 1.29 is 18.8 Å². The fraction of sp³-hybridized carbons (Fsp3) is 0.0714. The molecule has 0 heterocycles. The molecule has 0 atom stereocenters. The first-order chi connectivity index (χ1) is 9.47. The van der Waals surface area contributed by atoms with Gasteiger partial charge in [0.15, 0.2) is 5.78 Å². The lowest BCUT2D eigenvalue weighted by molar-refractivity contribution is -0.385. The van der Waals surface area contributed by atoms with Crippen molar-refractivity contribution in [3.8, 4) is 11.5 Å². The molecule has 20 heavy (non-hydrogen) atoms. The fourth-order valence-electron chi connectivity index (χ4n) is 1.60. The highest BCUT2D eigenvalue weighted by atomic mass is 19.1. The smallest absolute Gasteiger partial charge is 0.314 e. The van der Waals surface area contributed by atoms with E-state index in [4.69, 9.17) is 4.74 Å². The topological polar surface area (TPSA) is 69.4 Å². The van der Waals surface area contributed by atoms with Crippen LogP contribution in [-0.2, 0) is 0 Å². The second-order valence-electron chi connectivity index (χ2n) is 4.05. The third-order valence-electron chi connectivity index (χ3n) is 2.61. The lowest BCUT2D eigenvalue weighted by Gasteiger charge is -2.06. The van der Waals surface area contributed by atoms with E-state index in [2.05, 4.69) is 0 Å². The zero-order valence-corrected chi connectivity index (χ0v) is 10.5. The van der Waals surface area contributed by atoms with Crippen LogP contribution in [0.2, 0.25) is 0 Å². The van der Waals surface area contributed by atoms with E-state index in [1.165, 1.54) is 25.1 Å². The zero-order valence-electron chi connectivity index (χ0n) is 10.5. The van der Waals surface area contributed by atoms with Gasteiger partial charge < -0.3 is 4.74 Å². The van der Waals surface area contributed by atoms with Gasteiger partial charge in [-0.1, -0.05) is 0 Å². The van der Waals surface area contributed by atoms with Gasteiger partial charge in [-0.2, -0.15) is 0 Å². The number of nitro groups is 1. The Morgan fingerprint density at radius 2 is 1.85 bits per heavy atom. The highest BCUT2D eigenvalue weighted by Crippen LogP contribution is 2.31. The van der Waals surface area contributed by atoms with Crippen molar-refractivity contribution in [2.75, 3.05) is 0 Å². The summed E-state index contributed by atoms with van der Waals surface area (Å²) in [5.74, 6) is -0.544. The molecule has 0 spiro atoms. The molecular formula is C14H10FNO4. The summed E-state index contributed by atoms with van der Waals surface area (Å²) < 4.78 is 18.3. The molecule has 2 rings (SSSR count). The van der Waals surface area contributed by atoms with E-state index in [0.717, 1.165) is 12.1 Å². The molecule has 5 nitrogen and oxygen atoms in total. The van der Waals surface area contributed by atoms with Gasteiger partial charge in [-0.15, -0.1) is 0 Å². The monoisotopic (exact) mass is 275 g/mol. The molecule has 2 aromatic rings. The first kappa shape index (κ1) is 13.7. The molecule has 0 unspecified atom stereocenters. The van der Waals surface area contributed by atoms with Crippen molar-refractivity contribution >= 4 is 11.5 Å². The van der Waals surface area contributed by atoms with E-state index in [1.807, 2.05) is 0 Å². The van der Waals surface area contributed by atoms with Crippen molar-refractivity contribution in [2.45, 2.75) is 6.92 Å². The molecule has 0 aliphatic carbocycles. The lowest BCUT2D eigenvalue weighted by Crippen LogP contribution is -1.95. The van der Waals surface area contributed by atoms with Crippen LogP contribution in [0, 0.1) is 15.9 Å². The summed E-state index contributed by atoms with van der Waals surface area (Å²) in [4.78, 5) is 21.2. The molecule has 2 aromatic carbocycles. The van der Waals surface area contributed by atoms with Gasteiger partial charge in [0.25, 0.3) is 0 Å². The summed E-state index contributed by atoms with van der Waals surface area (Å²) in [6, 6.07) is 9.19. The number of nitrogens with zero attached hydrogens (tertiary/aromatic N) is 1. The Labute approximate surface area is 113 Å². The van der Waals surface area contributed by atoms with E-state index in [1.54, 1.807) is 12.1 Å². The molecule has 0 aliphatic rings. The summed E-state index contributed by atoms with van der Waals surface area (Å²) in [7, 11) is 0. The van der Waals surface area contributed by atoms with Crippen LogP contribution >= 0.6 is 0 Å². The molecule has 0 fully saturated rings. The average molecular weight is 275 g/mol. The summed E-state index contributed by atoms with van der Waals surface area (Å²) in [6.45, 7) is 1.43. The zero-order chi connectivity index (χ0) is 14.7. The maximum Gasteiger partial charge on any atom is 0.314 e. The minimum Gasteiger partial charge on any atom is -0.450 e. The standard InChI is InChI=1S/C14H10FNO4/c1-9(17)10-2-5-12(6-3-10)20-14-7-4-11(15)8-13(14)16(18)19/h2-8H,1H3. The van der Waals surface area contributed by atoms with Crippen LogP contribution in [0.3, 0.4) is 0 Å². The Hall–Kier alpha value is -2.76. The average Bonchev–Trinajstić information content (AvgIpc) is 2.41. The number of rotatable bonds is 4. The highest BCUT2D eigenvalue weighted by molar-refractivity contribution is 5.94. The van der Waals surface area contributed by atoms with Crippen molar-refractivity contribution in [3.63, 3.8) is 0 Å². The quantitative estimate of drug-likeness (QED) is 0.484. The Morgan fingerprint density at radius 3 is 2.40 bits per heavy atom. The van der Waals surface area contributed by atoms with Gasteiger partial charge in [0.05, 0.1) is 11.0 Å². The third-order valence-corrected chi connectivity index (χ3v) is 2.61. The van der Waals surface area contributed by atoms with Crippen molar-refractivity contribution in [1.29, 1.82) is 0 Å². The Morgan fingerprint density at radius 1 is 1.20 bits per heavy atom. The van der Waals surface area contributed by atoms with Crippen LogP contribution in [0.5, 0.6) is 11.5 Å². The second-order valence-corrected chi connectivity index (χ2v) is 4.05. The SMILES string of the molecule is CC(=O)c1ccc(Oc2ccc(F)cc2[N+](=O)[O-])cc1. The number of hydrogen-bond acceptors (Lipinski definition) is 4. The van der Waals surface area contributed by atoms with Crippen molar-refractivity contribution in [3.05, 3.63) is 64.0 Å². The molecule has 102 valence electrons. The number of halogens is 1. The minimum atomic E-state index is -0.720. The number of hydrogen-bond donors (Lipinski definition) is 0. The van der Waals surface area contributed by atoms with E-state index in [0.29, 0.717) is 11.3 Å². The normalized spacial score (nSPS) is 10.1.